The minimum atomic E-state index is 0.808. The van der Waals surface area contributed by atoms with Crippen molar-refractivity contribution in [2.45, 2.75) is 6.42 Å². The van der Waals surface area contributed by atoms with Crippen LogP contribution in [-0.2, 0) is 4.74 Å². The van der Waals surface area contributed by atoms with Gasteiger partial charge in [-0.3, -0.25) is 0 Å². The van der Waals surface area contributed by atoms with Gasteiger partial charge in [-0.15, -0.1) is 0 Å². The summed E-state index contributed by atoms with van der Waals surface area (Å²) < 4.78 is 4.85. The molecule has 0 spiro atoms. The third-order valence-electron chi connectivity index (χ3n) is 0.970. The Morgan fingerprint density at radius 1 is 1.44 bits per heavy atom. The Morgan fingerprint density at radius 3 is 2.78 bits per heavy atom. The molecule has 0 aromatic carbocycles. The van der Waals surface area contributed by atoms with Crippen molar-refractivity contribution in [3.63, 3.8) is 0 Å². The molecule has 0 bridgehead atoms. The van der Waals surface area contributed by atoms with Crippen LogP contribution in [0.25, 0.3) is 0 Å². The lowest BCUT2D eigenvalue weighted by molar-refractivity contribution is 0.199. The summed E-state index contributed by atoms with van der Waals surface area (Å²) in [4.78, 5) is 0. The van der Waals surface area contributed by atoms with Gasteiger partial charge in [-0.05, 0) is 13.0 Å². The molecular formula is C6H14BrNO. The van der Waals surface area contributed by atoms with Crippen LogP contribution in [0.2, 0.25) is 0 Å². The molecule has 0 saturated carbocycles. The molecule has 0 heterocycles. The lowest BCUT2D eigenvalue weighted by Gasteiger charge is -2.00. The first-order valence-electron chi connectivity index (χ1n) is 3.17. The van der Waals surface area contributed by atoms with Crippen molar-refractivity contribution < 1.29 is 4.74 Å². The second-order valence-electron chi connectivity index (χ2n) is 1.79. The van der Waals surface area contributed by atoms with Gasteiger partial charge < -0.3 is 10.1 Å². The Morgan fingerprint density at radius 2 is 2.22 bits per heavy atom. The number of nitrogens with one attached hydrogen (secondary N) is 1. The van der Waals surface area contributed by atoms with Gasteiger partial charge in [0.05, 0.1) is 6.61 Å². The van der Waals surface area contributed by atoms with Gasteiger partial charge in [0, 0.05) is 19.0 Å². The molecule has 0 fully saturated rings. The molecule has 0 saturated heterocycles. The van der Waals surface area contributed by atoms with E-state index in [0.29, 0.717) is 0 Å². The van der Waals surface area contributed by atoms with Gasteiger partial charge in [-0.1, -0.05) is 15.9 Å². The predicted octanol–water partition coefficient (Wildman–Crippen LogP) is 1.01. The average molecular weight is 196 g/mol. The van der Waals surface area contributed by atoms with Crippen molar-refractivity contribution in [2.75, 3.05) is 32.1 Å². The van der Waals surface area contributed by atoms with Crippen LogP contribution in [0.5, 0.6) is 0 Å². The van der Waals surface area contributed by atoms with Gasteiger partial charge in [-0.25, -0.2) is 0 Å². The maximum Gasteiger partial charge on any atom is 0.0587 e. The fraction of sp³-hybridized carbons (Fsp3) is 1.00. The number of rotatable bonds is 6. The Hall–Kier alpha value is 0.400. The number of halogens is 1. The number of hydrogen-bond acceptors (Lipinski definition) is 2. The van der Waals surface area contributed by atoms with E-state index in [9.17, 15) is 0 Å². The summed E-state index contributed by atoms with van der Waals surface area (Å²) >= 11 is 3.35. The van der Waals surface area contributed by atoms with Crippen molar-refractivity contribution in [1.29, 1.82) is 0 Å². The van der Waals surface area contributed by atoms with Crippen LogP contribution in [-0.4, -0.2) is 32.1 Å². The minimum absolute atomic E-state index is 0.808. The third-order valence-corrected chi connectivity index (χ3v) is 1.53. The van der Waals surface area contributed by atoms with E-state index in [2.05, 4.69) is 21.2 Å². The average Bonchev–Trinajstić information content (AvgIpc) is 1.89. The van der Waals surface area contributed by atoms with Gasteiger partial charge in [0.1, 0.15) is 0 Å². The lowest BCUT2D eigenvalue weighted by atomic mass is 10.5. The van der Waals surface area contributed by atoms with Crippen molar-refractivity contribution in [3.05, 3.63) is 0 Å². The van der Waals surface area contributed by atoms with E-state index in [1.807, 2.05) is 0 Å². The molecule has 0 atom stereocenters. The van der Waals surface area contributed by atoms with Crippen LogP contribution in [0.4, 0.5) is 0 Å². The Balaban J connectivity index is 2.60. The molecular weight excluding hydrogens is 182 g/mol. The van der Waals surface area contributed by atoms with Gasteiger partial charge >= 0.3 is 0 Å². The molecule has 3 heteroatoms. The smallest absolute Gasteiger partial charge is 0.0587 e. The molecule has 0 aromatic rings. The highest BCUT2D eigenvalue weighted by atomic mass is 79.9. The quantitative estimate of drug-likeness (QED) is 0.505. The number of hydrogen-bond donors (Lipinski definition) is 1. The minimum Gasteiger partial charge on any atom is -0.383 e. The van der Waals surface area contributed by atoms with Crippen LogP contribution in [0.1, 0.15) is 6.42 Å². The molecule has 2 nitrogen and oxygen atoms in total. The summed E-state index contributed by atoms with van der Waals surface area (Å²) in [5.74, 6) is 0. The van der Waals surface area contributed by atoms with Crippen LogP contribution >= 0.6 is 15.9 Å². The summed E-state index contributed by atoms with van der Waals surface area (Å²) in [5.41, 5.74) is 0. The Labute approximate surface area is 65.1 Å². The molecule has 0 amide bonds. The highest BCUT2D eigenvalue weighted by molar-refractivity contribution is 9.09. The molecule has 0 radical (unpaired) electrons. The second kappa shape index (κ2) is 8.40. The molecule has 0 aromatic heterocycles. The SMILES string of the molecule is COCCNCCCBr. The molecule has 0 aliphatic rings. The summed E-state index contributed by atoms with van der Waals surface area (Å²) in [6, 6.07) is 0. The molecule has 0 aliphatic heterocycles. The Bertz CT molecular complexity index is 46.3. The summed E-state index contributed by atoms with van der Waals surface area (Å²) in [6.07, 6.45) is 1.18. The molecule has 9 heavy (non-hydrogen) atoms. The van der Waals surface area contributed by atoms with Crippen LogP contribution in [0, 0.1) is 0 Å². The fourth-order valence-corrected chi connectivity index (χ4v) is 0.771. The van der Waals surface area contributed by atoms with Crippen LogP contribution in [0.3, 0.4) is 0 Å². The molecule has 0 aliphatic carbocycles. The molecule has 0 unspecified atom stereocenters. The monoisotopic (exact) mass is 195 g/mol. The zero-order chi connectivity index (χ0) is 6.95. The fourth-order valence-electron chi connectivity index (χ4n) is 0.491. The zero-order valence-corrected chi connectivity index (χ0v) is 7.41. The van der Waals surface area contributed by atoms with E-state index < -0.39 is 0 Å². The first-order chi connectivity index (χ1) is 4.41. The number of alkyl halides is 1. The second-order valence-corrected chi connectivity index (χ2v) is 2.58. The van der Waals surface area contributed by atoms with Crippen molar-refractivity contribution in [3.8, 4) is 0 Å². The first kappa shape index (κ1) is 9.40. The highest BCUT2D eigenvalue weighted by Crippen LogP contribution is 1.83. The Kier molecular flexibility index (Phi) is 8.77. The standard InChI is InChI=1S/C6H14BrNO/c1-9-6-5-8-4-2-3-7/h8H,2-6H2,1H3. The van der Waals surface area contributed by atoms with Crippen LogP contribution < -0.4 is 5.32 Å². The summed E-state index contributed by atoms with van der Waals surface area (Å²) in [7, 11) is 1.71. The van der Waals surface area contributed by atoms with Crippen molar-refractivity contribution >= 4 is 15.9 Å². The summed E-state index contributed by atoms with van der Waals surface area (Å²) in [6.45, 7) is 2.85. The van der Waals surface area contributed by atoms with E-state index in [1.165, 1.54) is 6.42 Å². The van der Waals surface area contributed by atoms with Crippen LogP contribution in [0.15, 0.2) is 0 Å². The highest BCUT2D eigenvalue weighted by Gasteiger charge is 1.83. The van der Waals surface area contributed by atoms with E-state index in [4.69, 9.17) is 4.74 Å². The van der Waals surface area contributed by atoms with Gasteiger partial charge in [-0.2, -0.15) is 0 Å². The maximum absolute atomic E-state index is 4.85. The lowest BCUT2D eigenvalue weighted by Crippen LogP contribution is -2.20. The predicted molar refractivity (Wildman–Crippen MR) is 43.2 cm³/mol. The van der Waals surface area contributed by atoms with E-state index in [-0.39, 0.29) is 0 Å². The van der Waals surface area contributed by atoms with E-state index in [0.717, 1.165) is 25.0 Å². The first-order valence-corrected chi connectivity index (χ1v) is 4.29. The zero-order valence-electron chi connectivity index (χ0n) is 5.82. The molecule has 0 rings (SSSR count). The maximum atomic E-state index is 4.85. The van der Waals surface area contributed by atoms with Gasteiger partial charge in [0.2, 0.25) is 0 Å². The topological polar surface area (TPSA) is 21.3 Å². The van der Waals surface area contributed by atoms with E-state index in [1.54, 1.807) is 7.11 Å². The largest absolute Gasteiger partial charge is 0.383 e. The normalized spacial score (nSPS) is 10.0. The van der Waals surface area contributed by atoms with E-state index >= 15 is 0 Å². The van der Waals surface area contributed by atoms with Gasteiger partial charge in [0.15, 0.2) is 0 Å². The summed E-state index contributed by atoms with van der Waals surface area (Å²) in [5, 5.41) is 4.31. The van der Waals surface area contributed by atoms with Crippen molar-refractivity contribution in [1.82, 2.24) is 5.32 Å². The number of ether oxygens (including phenoxy) is 1. The van der Waals surface area contributed by atoms with Gasteiger partial charge in [0.25, 0.3) is 0 Å². The van der Waals surface area contributed by atoms with Crippen molar-refractivity contribution in [2.24, 2.45) is 0 Å². The number of methoxy groups -OCH3 is 1. The third kappa shape index (κ3) is 8.40. The molecule has 56 valence electrons. The molecule has 1 N–H and O–H groups in total.